The van der Waals surface area contributed by atoms with Gasteiger partial charge < -0.3 is 0 Å². The SMILES string of the molecule is FC12C3CC(C(Br)C3Br)C1(F)C1(F)C3(F)C4CC(C(Br)C4Br)C3(F)C21F. The van der Waals surface area contributed by atoms with Crippen LogP contribution in [-0.4, -0.2) is 53.3 Å². The first kappa shape index (κ1) is 18.3. The van der Waals surface area contributed by atoms with Crippen molar-refractivity contribution in [2.75, 3.05) is 0 Å². The Kier molecular flexibility index (Phi) is 3.01. The topological polar surface area (TPSA) is 0 Å². The molecule has 0 aliphatic heterocycles. The molecule has 0 spiro atoms. The summed E-state index contributed by atoms with van der Waals surface area (Å²) in [5.74, 6) is -5.00. The largest absolute Gasteiger partial charge is 0.236 e. The Balaban J connectivity index is 1.62. The molecule has 0 amide bonds. The lowest BCUT2D eigenvalue weighted by molar-refractivity contribution is -0.513. The van der Waals surface area contributed by atoms with Crippen molar-refractivity contribution in [3.63, 3.8) is 0 Å². The normalized spacial score (nSPS) is 80.5. The minimum absolute atomic E-state index is 0.146. The summed E-state index contributed by atoms with van der Waals surface area (Å²) in [6, 6.07) is 0. The van der Waals surface area contributed by atoms with E-state index in [0.717, 1.165) is 0 Å². The van der Waals surface area contributed by atoms with Crippen LogP contribution in [0.3, 0.4) is 0 Å². The van der Waals surface area contributed by atoms with E-state index >= 15 is 26.3 Å². The van der Waals surface area contributed by atoms with Crippen molar-refractivity contribution in [2.24, 2.45) is 23.7 Å². The van der Waals surface area contributed by atoms with Crippen LogP contribution in [0, 0.1) is 23.7 Å². The van der Waals surface area contributed by atoms with E-state index in [2.05, 4.69) is 63.7 Å². The average molecular weight is 638 g/mol. The molecule has 10 heteroatoms. The Morgan fingerprint density at radius 1 is 0.462 bits per heavy atom. The van der Waals surface area contributed by atoms with Gasteiger partial charge in [-0.05, 0) is 12.8 Å². The maximum Gasteiger partial charge on any atom is 0.225 e. The molecule has 26 heavy (non-hydrogen) atoms. The number of rotatable bonds is 0. The molecule has 0 N–H and O–H groups in total. The molecule has 6 fully saturated rings. The van der Waals surface area contributed by atoms with Crippen LogP contribution in [0.1, 0.15) is 12.8 Å². The number of fused-ring (bicyclic) bond motifs is 15. The highest BCUT2D eigenvalue weighted by Gasteiger charge is 3.20. The lowest BCUT2D eigenvalue weighted by atomic mass is 9.25. The highest BCUT2D eigenvalue weighted by molar-refractivity contribution is 9.12. The molecule has 6 saturated carbocycles. The van der Waals surface area contributed by atoms with Gasteiger partial charge >= 0.3 is 0 Å². The van der Waals surface area contributed by atoms with Crippen molar-refractivity contribution in [2.45, 2.75) is 66.2 Å². The molecule has 6 aliphatic carbocycles. The van der Waals surface area contributed by atoms with Crippen molar-refractivity contribution in [1.82, 2.24) is 0 Å². The molecule has 146 valence electrons. The van der Waals surface area contributed by atoms with Crippen molar-refractivity contribution in [3.8, 4) is 0 Å². The second-order valence-electron chi connectivity index (χ2n) is 8.84. The molecule has 12 atom stereocenters. The first-order chi connectivity index (χ1) is 11.8. The zero-order chi connectivity index (χ0) is 19.0. The zero-order valence-electron chi connectivity index (χ0n) is 12.8. The van der Waals surface area contributed by atoms with Crippen LogP contribution >= 0.6 is 63.7 Å². The highest BCUT2D eigenvalue weighted by Crippen LogP contribution is 2.96. The van der Waals surface area contributed by atoms with Crippen LogP contribution < -0.4 is 0 Å². The van der Waals surface area contributed by atoms with E-state index in [1.165, 1.54) is 0 Å². The minimum Gasteiger partial charge on any atom is -0.236 e. The van der Waals surface area contributed by atoms with E-state index in [0.29, 0.717) is 0 Å². The Bertz CT molecular complexity index is 655. The van der Waals surface area contributed by atoms with Crippen LogP contribution in [-0.2, 0) is 0 Å². The summed E-state index contributed by atoms with van der Waals surface area (Å²) in [5, 5.41) is 0. The van der Waals surface area contributed by atoms with E-state index in [1.807, 2.05) is 0 Å². The van der Waals surface area contributed by atoms with Gasteiger partial charge in [-0.1, -0.05) is 63.7 Å². The Hall–Kier alpha value is 1.50. The lowest BCUT2D eigenvalue weighted by Crippen LogP contribution is -3.11. The van der Waals surface area contributed by atoms with E-state index < -0.39 is 77.0 Å². The molecule has 0 aromatic heterocycles. The van der Waals surface area contributed by atoms with Crippen molar-refractivity contribution >= 4 is 63.7 Å². The van der Waals surface area contributed by atoms with E-state index in [9.17, 15) is 0 Å². The summed E-state index contributed by atoms with van der Waals surface area (Å²) in [5.41, 5.74) is -21.1. The maximum atomic E-state index is 16.1. The molecule has 0 heterocycles. The Morgan fingerprint density at radius 2 is 0.654 bits per heavy atom. The average Bonchev–Trinajstić information content (AvgIpc) is 3.21. The minimum atomic E-state index is -3.81. The predicted molar refractivity (Wildman–Crippen MR) is 97.1 cm³/mol. The van der Waals surface area contributed by atoms with Gasteiger partial charge in [-0.2, -0.15) is 0 Å². The molecule has 12 unspecified atom stereocenters. The first-order valence-electron chi connectivity index (χ1n) is 8.54. The number of hydrogen-bond acceptors (Lipinski definition) is 0. The summed E-state index contributed by atoms with van der Waals surface area (Å²) >= 11 is 12.9. The van der Waals surface area contributed by atoms with Crippen LogP contribution in [0.25, 0.3) is 0 Å². The van der Waals surface area contributed by atoms with Crippen molar-refractivity contribution in [3.05, 3.63) is 0 Å². The summed E-state index contributed by atoms with van der Waals surface area (Å²) in [6.45, 7) is 0. The number of alkyl halides is 10. The molecular formula is C16H12Br4F6. The summed E-state index contributed by atoms with van der Waals surface area (Å²) in [4.78, 5) is -2.67. The monoisotopic (exact) mass is 634 g/mol. The van der Waals surface area contributed by atoms with E-state index in [4.69, 9.17) is 0 Å². The van der Waals surface area contributed by atoms with Gasteiger partial charge in [0.15, 0.2) is 22.7 Å². The Morgan fingerprint density at radius 3 is 0.846 bits per heavy atom. The standard InChI is InChI=1S/C16H12Br4F6/c17-7-3-1-4(8(7)18)12(22)11(3,21)15(25)13(23)5-2-6(10(20)9(5)19)14(13,24)16(12,15)26/h3-10H,1-2H2. The molecule has 0 aromatic rings. The van der Waals surface area contributed by atoms with Crippen LogP contribution in [0.4, 0.5) is 26.3 Å². The Labute approximate surface area is 179 Å². The summed E-state index contributed by atoms with van der Waals surface area (Å²) < 4.78 is 96.3. The fraction of sp³-hybridized carbons (Fsp3) is 1.00. The van der Waals surface area contributed by atoms with Gasteiger partial charge in [-0.15, -0.1) is 0 Å². The van der Waals surface area contributed by atoms with Gasteiger partial charge in [0.2, 0.25) is 11.3 Å². The summed E-state index contributed by atoms with van der Waals surface area (Å²) in [6.07, 6.45) is -0.291. The molecule has 0 aromatic carbocycles. The zero-order valence-corrected chi connectivity index (χ0v) is 19.2. The highest BCUT2D eigenvalue weighted by atomic mass is 79.9. The quantitative estimate of drug-likeness (QED) is 0.239. The van der Waals surface area contributed by atoms with Crippen molar-refractivity contribution in [1.29, 1.82) is 0 Å². The van der Waals surface area contributed by atoms with Crippen LogP contribution in [0.5, 0.6) is 0 Å². The van der Waals surface area contributed by atoms with Gasteiger partial charge in [-0.3, -0.25) is 0 Å². The third-order valence-corrected chi connectivity index (χ3v) is 15.0. The van der Waals surface area contributed by atoms with E-state index in [-0.39, 0.29) is 12.8 Å². The van der Waals surface area contributed by atoms with Crippen LogP contribution in [0.15, 0.2) is 0 Å². The van der Waals surface area contributed by atoms with Gasteiger partial charge in [0.05, 0.1) is 0 Å². The smallest absolute Gasteiger partial charge is 0.225 e. The maximum absolute atomic E-state index is 16.1. The fourth-order valence-corrected chi connectivity index (χ4v) is 11.8. The van der Waals surface area contributed by atoms with E-state index in [1.54, 1.807) is 0 Å². The molecule has 6 rings (SSSR count). The molecule has 0 radical (unpaired) electrons. The second kappa shape index (κ2) is 4.27. The van der Waals surface area contributed by atoms with Crippen LogP contribution in [0.2, 0.25) is 0 Å². The number of halogens is 10. The van der Waals surface area contributed by atoms with Gasteiger partial charge in [0.25, 0.3) is 0 Å². The molecular weight excluding hydrogens is 626 g/mol. The predicted octanol–water partition coefficient (Wildman–Crippen LogP) is 5.62. The fourth-order valence-electron chi connectivity index (χ4n) is 7.99. The van der Waals surface area contributed by atoms with Gasteiger partial charge in [-0.25, -0.2) is 26.3 Å². The molecule has 0 saturated heterocycles. The first-order valence-corrected chi connectivity index (χ1v) is 12.2. The van der Waals surface area contributed by atoms with Crippen molar-refractivity contribution < 1.29 is 26.3 Å². The van der Waals surface area contributed by atoms with Gasteiger partial charge in [0, 0.05) is 43.0 Å². The lowest BCUT2D eigenvalue weighted by Gasteiger charge is -2.84. The summed E-state index contributed by atoms with van der Waals surface area (Å²) in [7, 11) is 0. The third kappa shape index (κ3) is 1.05. The number of hydrogen-bond donors (Lipinski definition) is 0. The molecule has 6 aliphatic rings. The third-order valence-electron chi connectivity index (χ3n) is 8.74. The van der Waals surface area contributed by atoms with Gasteiger partial charge in [0.1, 0.15) is 0 Å². The second-order valence-corrected chi connectivity index (χ2v) is 13.1. The molecule has 4 bridgehead atoms. The molecule has 0 nitrogen and oxygen atoms in total.